The van der Waals surface area contributed by atoms with Crippen molar-refractivity contribution < 1.29 is 33.8 Å². The van der Waals surface area contributed by atoms with Gasteiger partial charge in [-0.3, -0.25) is 34.0 Å². The molecule has 2 atom stereocenters. The Hall–Kier alpha value is -5.52. The van der Waals surface area contributed by atoms with Gasteiger partial charge in [0.15, 0.2) is 0 Å². The summed E-state index contributed by atoms with van der Waals surface area (Å²) in [6, 6.07) is 5.98. The zero-order valence-corrected chi connectivity index (χ0v) is 38.3. The number of aliphatic hydroxyl groups is 1. The summed E-state index contributed by atoms with van der Waals surface area (Å²) in [5.41, 5.74) is 16.4. The molecule has 0 aliphatic carbocycles. The molecule has 0 saturated carbocycles. The van der Waals surface area contributed by atoms with Crippen LogP contribution in [0.1, 0.15) is 112 Å². The Bertz CT molecular complexity index is 2530. The van der Waals surface area contributed by atoms with Crippen LogP contribution in [0.25, 0.3) is 39.3 Å². The van der Waals surface area contributed by atoms with Crippen molar-refractivity contribution in [1.82, 2.24) is 39.5 Å². The summed E-state index contributed by atoms with van der Waals surface area (Å²) in [6.07, 6.45) is 4.69. The Morgan fingerprint density at radius 2 is 1.66 bits per heavy atom. The molecule has 64 heavy (non-hydrogen) atoms. The molecule has 0 spiro atoms. The van der Waals surface area contributed by atoms with Gasteiger partial charge in [-0.25, -0.2) is 4.98 Å². The molecule has 1 fully saturated rings. The molecule has 3 aromatic heterocycles. The van der Waals surface area contributed by atoms with E-state index in [1.807, 2.05) is 38.1 Å². The van der Waals surface area contributed by atoms with Gasteiger partial charge in [-0.2, -0.15) is 0 Å². The average molecular weight is 878 g/mol. The van der Waals surface area contributed by atoms with Crippen LogP contribution in [0.3, 0.4) is 0 Å². The van der Waals surface area contributed by atoms with E-state index in [4.69, 9.17) is 30.3 Å². The monoisotopic (exact) mass is 877 g/mol. The number of aromatic nitrogens is 4. The highest BCUT2D eigenvalue weighted by atomic mass is 16.5. The quantitative estimate of drug-likeness (QED) is 0.0878. The number of nitrogens with two attached hydrogens (primary N) is 1. The summed E-state index contributed by atoms with van der Waals surface area (Å²) < 4.78 is 11.0. The van der Waals surface area contributed by atoms with Crippen molar-refractivity contribution in [3.63, 3.8) is 0 Å². The number of carbonyl (C=O) groups excluding carboxylic acids is 4. The summed E-state index contributed by atoms with van der Waals surface area (Å²) in [5.74, 6) is -1.61. The zero-order chi connectivity index (χ0) is 45.8. The number of hydrogen-bond donors (Lipinski definition) is 4. The van der Waals surface area contributed by atoms with Gasteiger partial charge < -0.3 is 40.1 Å². The highest BCUT2D eigenvalue weighted by Gasteiger charge is 2.41. The summed E-state index contributed by atoms with van der Waals surface area (Å²) in [4.78, 5) is 80.9. The molecular formula is C48H63N9O7. The number of allylic oxidation sites excluding steroid dienone is 2. The summed E-state index contributed by atoms with van der Waals surface area (Å²) >= 11 is 0. The molecule has 7 rings (SSSR count). The number of hydrogen-bond acceptors (Lipinski definition) is 11. The fourth-order valence-corrected chi connectivity index (χ4v) is 9.18. The molecule has 0 unspecified atom stereocenters. The number of carbonyl (C=O) groups is 4. The van der Waals surface area contributed by atoms with E-state index in [1.165, 1.54) is 4.90 Å². The molecule has 16 nitrogen and oxygen atoms in total. The first-order chi connectivity index (χ1) is 30.8. The molecule has 0 radical (unpaired) electrons. The molecular weight excluding hydrogens is 815 g/mol. The van der Waals surface area contributed by atoms with Crippen LogP contribution in [0.4, 0.5) is 0 Å². The lowest BCUT2D eigenvalue weighted by atomic mass is 9.84. The molecule has 16 heteroatoms. The smallest absolute Gasteiger partial charge is 0.264 e. The van der Waals surface area contributed by atoms with Crippen LogP contribution in [0, 0.1) is 13.8 Å². The van der Waals surface area contributed by atoms with E-state index in [1.54, 1.807) is 30.0 Å². The zero-order valence-electron chi connectivity index (χ0n) is 38.3. The Balaban J connectivity index is 1.46. The van der Waals surface area contributed by atoms with Crippen molar-refractivity contribution in [2.45, 2.75) is 65.7 Å². The molecule has 1 saturated heterocycles. The lowest BCUT2D eigenvalue weighted by molar-refractivity contribution is -0.130. The van der Waals surface area contributed by atoms with E-state index in [-0.39, 0.29) is 55.7 Å². The average Bonchev–Trinajstić information content (AvgIpc) is 3.96. The Kier molecular flexibility index (Phi) is 14.6. The van der Waals surface area contributed by atoms with Gasteiger partial charge in [-0.15, -0.1) is 0 Å². The number of aromatic amines is 2. The standard InChI is InChI=1S/C48H63N9O7/c1-8-32-28(2)36-26-40-33(9-11-42(60)55(7)17-21-64-24-20-58)29(3)35(51-40)25-37-30(4)34(10-12-41(59)54(6)14-13-49)45(52-37)44-46-43(31(5)38(53-46)27-39(32)50-36)47(61)57(48(44)62)16-15-56-18-22-63-23-19-56/h9,11,25-27,30,34,51,53,58H,8,10,12-24,49H2,1-7H3/b11-9+,35-25?,36-26?,37-25?,38-27?,39-27?,40-26?,45-44?/t30-,34-/m0/s1. The molecule has 7 heterocycles. The van der Waals surface area contributed by atoms with E-state index < -0.39 is 5.91 Å². The van der Waals surface area contributed by atoms with Gasteiger partial charge in [0.25, 0.3) is 11.8 Å². The van der Waals surface area contributed by atoms with Crippen molar-refractivity contribution in [3.8, 4) is 0 Å². The third-order valence-corrected chi connectivity index (χ3v) is 13.2. The fourth-order valence-electron chi connectivity index (χ4n) is 9.18. The van der Waals surface area contributed by atoms with Crippen LogP contribution >= 0.6 is 0 Å². The number of ether oxygens (including phenoxy) is 2. The SMILES string of the molecule is CCC1=C(C)c2cc3[nH]c(cc4nc(c5c6[nH]c(cc1n2)c(C)c6C(=O)N(CCN1CCOCC1)C5=O)[C@@H](CCC(=O)N(C)CCN)[C@@H]4C)c(C)c3/C=C/C(=O)N(C)CCOCCO. The van der Waals surface area contributed by atoms with Gasteiger partial charge >= 0.3 is 0 Å². The van der Waals surface area contributed by atoms with Crippen LogP contribution in [0.15, 0.2) is 24.3 Å². The van der Waals surface area contributed by atoms with Gasteiger partial charge in [0.05, 0.1) is 66.8 Å². The molecule has 4 amide bonds. The molecule has 3 aromatic rings. The normalized spacial score (nSPS) is 17.9. The number of nitrogens with one attached hydrogen (secondary N) is 2. The van der Waals surface area contributed by atoms with Crippen LogP contribution in [0.5, 0.6) is 0 Å². The maximum absolute atomic E-state index is 15.1. The van der Waals surface area contributed by atoms with Crippen LogP contribution in [0.2, 0.25) is 0 Å². The first-order valence-electron chi connectivity index (χ1n) is 22.5. The van der Waals surface area contributed by atoms with Gasteiger partial charge in [0, 0.05) is 112 Å². The van der Waals surface area contributed by atoms with Crippen molar-refractivity contribution in [2.75, 3.05) is 92.9 Å². The number of aryl methyl sites for hydroxylation is 2. The maximum atomic E-state index is 15.1. The number of fused-ring (bicyclic) bond motifs is 8. The summed E-state index contributed by atoms with van der Waals surface area (Å²) in [7, 11) is 3.45. The minimum Gasteiger partial charge on any atom is -0.394 e. The van der Waals surface area contributed by atoms with Gasteiger partial charge in [-0.1, -0.05) is 13.8 Å². The van der Waals surface area contributed by atoms with E-state index >= 15 is 4.79 Å². The third-order valence-electron chi connectivity index (χ3n) is 13.2. The first-order valence-corrected chi connectivity index (χ1v) is 22.5. The third kappa shape index (κ3) is 9.33. The van der Waals surface area contributed by atoms with Gasteiger partial charge in [0.2, 0.25) is 11.8 Å². The fraction of sp³-hybridized carbons (Fsp3) is 0.500. The lowest BCUT2D eigenvalue weighted by Gasteiger charge is -2.31. The molecule has 4 aliphatic rings. The number of likely N-dealkylation sites (N-methyl/N-ethyl adjacent to an activating group) is 2. The van der Waals surface area contributed by atoms with Crippen molar-refractivity contribution in [2.24, 2.45) is 5.73 Å². The van der Waals surface area contributed by atoms with Crippen LogP contribution in [-0.2, 0) is 19.1 Å². The number of amides is 4. The highest BCUT2D eigenvalue weighted by molar-refractivity contribution is 6.23. The van der Waals surface area contributed by atoms with E-state index in [2.05, 4.69) is 35.6 Å². The highest BCUT2D eigenvalue weighted by Crippen LogP contribution is 2.44. The first kappa shape index (κ1) is 46.5. The van der Waals surface area contributed by atoms with Crippen molar-refractivity contribution in [1.29, 1.82) is 0 Å². The van der Waals surface area contributed by atoms with E-state index in [0.29, 0.717) is 111 Å². The Morgan fingerprint density at radius 3 is 2.38 bits per heavy atom. The molecule has 5 N–H and O–H groups in total. The maximum Gasteiger partial charge on any atom is 0.264 e. The second-order valence-electron chi connectivity index (χ2n) is 17.2. The van der Waals surface area contributed by atoms with Gasteiger partial charge in [0.1, 0.15) is 0 Å². The Labute approximate surface area is 374 Å². The molecule has 342 valence electrons. The summed E-state index contributed by atoms with van der Waals surface area (Å²) in [5, 5.41) is 9.07. The molecule has 8 bridgehead atoms. The van der Waals surface area contributed by atoms with Crippen LogP contribution in [-0.4, -0.2) is 161 Å². The van der Waals surface area contributed by atoms with Crippen molar-refractivity contribution in [3.05, 3.63) is 74.9 Å². The number of H-pyrrole nitrogens is 2. The lowest BCUT2D eigenvalue weighted by Crippen LogP contribution is -2.47. The number of rotatable bonds is 16. The number of nitrogens with zero attached hydrogens (tertiary/aromatic N) is 6. The molecule has 4 aliphatic heterocycles. The topological polar surface area (TPSA) is 203 Å². The largest absolute Gasteiger partial charge is 0.394 e. The Morgan fingerprint density at radius 1 is 0.938 bits per heavy atom. The second-order valence-corrected chi connectivity index (χ2v) is 17.2. The van der Waals surface area contributed by atoms with Crippen LogP contribution < -0.4 is 5.73 Å². The van der Waals surface area contributed by atoms with Gasteiger partial charge in [-0.05, 0) is 80.2 Å². The summed E-state index contributed by atoms with van der Waals surface area (Å²) in [6.45, 7) is 15.0. The predicted octanol–water partition coefficient (Wildman–Crippen LogP) is 4.77. The van der Waals surface area contributed by atoms with E-state index in [0.717, 1.165) is 44.7 Å². The predicted molar refractivity (Wildman–Crippen MR) is 248 cm³/mol. The minimum absolute atomic E-state index is 0.0542. The number of morpholine rings is 1. The number of imide groups is 1. The van der Waals surface area contributed by atoms with Crippen molar-refractivity contribution >= 4 is 62.9 Å². The molecule has 0 aromatic carbocycles. The second kappa shape index (κ2) is 20.1. The van der Waals surface area contributed by atoms with E-state index in [9.17, 15) is 14.4 Å². The minimum atomic E-state index is -0.419. The number of aliphatic hydroxyl groups excluding tert-OH is 1.